The van der Waals surface area contributed by atoms with E-state index in [1.807, 2.05) is 6.92 Å². The highest BCUT2D eigenvalue weighted by atomic mass is 16.6. The van der Waals surface area contributed by atoms with Gasteiger partial charge in [0.25, 0.3) is 0 Å². The highest BCUT2D eigenvalue weighted by Crippen LogP contribution is 2.23. The Balaban J connectivity index is 2.79. The van der Waals surface area contributed by atoms with Crippen LogP contribution in [0.15, 0.2) is 0 Å². The molecule has 0 aromatic heterocycles. The van der Waals surface area contributed by atoms with Crippen LogP contribution in [0.25, 0.3) is 0 Å². The lowest BCUT2D eigenvalue weighted by atomic mass is 9.96. The fraction of sp³-hybridized carbons (Fsp3) is 0.857. The van der Waals surface area contributed by atoms with E-state index < -0.39 is 43.2 Å². The number of nitrogens with one attached hydrogen (secondary N) is 1. The minimum atomic E-state index is -1.49. The summed E-state index contributed by atoms with van der Waals surface area (Å²) in [6.45, 7) is 3.09. The molecule has 1 rings (SSSR count). The zero-order valence-electron chi connectivity index (χ0n) is 12.9. The Hall–Kier alpha value is -1.22. The molecule has 0 saturated carbocycles. The van der Waals surface area contributed by atoms with E-state index in [0.29, 0.717) is 12.8 Å². The lowest BCUT2D eigenvalue weighted by Gasteiger charge is -2.41. The zero-order valence-corrected chi connectivity index (χ0v) is 12.9. The standard InChI is InChI=1S/C14H25NO7/c1-3-5-9(17)15-11-12(19)13(22-10(18)6-4-2)8(7-16)21-14(11)20/h8,11-14,16,19-20H,3-7H2,1-2H3,(H,15,17)/t8-,11-,12-,13-,14?/m1/s1. The third-order valence-corrected chi connectivity index (χ3v) is 3.40. The van der Waals surface area contributed by atoms with Crippen molar-refractivity contribution in [2.45, 2.75) is 70.2 Å². The molecule has 0 aromatic carbocycles. The highest BCUT2D eigenvalue weighted by Gasteiger charge is 2.47. The van der Waals surface area contributed by atoms with Crippen molar-refractivity contribution in [1.82, 2.24) is 5.32 Å². The van der Waals surface area contributed by atoms with Crippen LogP contribution in [0.2, 0.25) is 0 Å². The van der Waals surface area contributed by atoms with Crippen molar-refractivity contribution >= 4 is 11.9 Å². The second kappa shape index (κ2) is 9.04. The van der Waals surface area contributed by atoms with Crippen molar-refractivity contribution in [3.05, 3.63) is 0 Å². The van der Waals surface area contributed by atoms with E-state index in [-0.39, 0.29) is 18.7 Å². The van der Waals surface area contributed by atoms with Crippen molar-refractivity contribution in [3.63, 3.8) is 0 Å². The average molecular weight is 319 g/mol. The van der Waals surface area contributed by atoms with Gasteiger partial charge in [-0.1, -0.05) is 13.8 Å². The van der Waals surface area contributed by atoms with Crippen molar-refractivity contribution < 1.29 is 34.4 Å². The molecule has 128 valence electrons. The normalized spacial score (nSPS) is 31.6. The van der Waals surface area contributed by atoms with Gasteiger partial charge < -0.3 is 30.1 Å². The Labute approximate surface area is 129 Å². The fourth-order valence-corrected chi connectivity index (χ4v) is 2.28. The molecule has 1 unspecified atom stereocenters. The molecular weight excluding hydrogens is 294 g/mol. The molecule has 0 radical (unpaired) electrons. The molecule has 22 heavy (non-hydrogen) atoms. The minimum absolute atomic E-state index is 0.163. The van der Waals surface area contributed by atoms with E-state index in [4.69, 9.17) is 9.47 Å². The topological polar surface area (TPSA) is 125 Å². The molecule has 4 N–H and O–H groups in total. The van der Waals surface area contributed by atoms with Gasteiger partial charge in [-0.25, -0.2) is 0 Å². The quantitative estimate of drug-likeness (QED) is 0.446. The number of carbonyl (C=O) groups is 2. The summed E-state index contributed by atoms with van der Waals surface area (Å²) in [6.07, 6.45) is -3.48. The van der Waals surface area contributed by atoms with Crippen LogP contribution in [0.5, 0.6) is 0 Å². The van der Waals surface area contributed by atoms with Gasteiger partial charge in [0.15, 0.2) is 12.4 Å². The summed E-state index contributed by atoms with van der Waals surface area (Å²) in [5, 5.41) is 31.9. The van der Waals surface area contributed by atoms with Gasteiger partial charge in [0.1, 0.15) is 18.2 Å². The first-order valence-electron chi connectivity index (χ1n) is 7.55. The van der Waals surface area contributed by atoms with Crippen LogP contribution in [0, 0.1) is 0 Å². The van der Waals surface area contributed by atoms with Crippen LogP contribution in [-0.4, -0.2) is 64.4 Å². The Morgan fingerprint density at radius 1 is 1.18 bits per heavy atom. The Morgan fingerprint density at radius 3 is 2.36 bits per heavy atom. The van der Waals surface area contributed by atoms with Crippen LogP contribution in [0.3, 0.4) is 0 Å². The molecule has 1 aliphatic rings. The second-order valence-electron chi connectivity index (χ2n) is 5.29. The smallest absolute Gasteiger partial charge is 0.306 e. The van der Waals surface area contributed by atoms with Crippen molar-refractivity contribution in [3.8, 4) is 0 Å². The summed E-state index contributed by atoms with van der Waals surface area (Å²) < 4.78 is 10.3. The van der Waals surface area contributed by atoms with Gasteiger partial charge >= 0.3 is 5.97 Å². The van der Waals surface area contributed by atoms with Gasteiger partial charge in [0.2, 0.25) is 5.91 Å². The molecule has 5 atom stereocenters. The second-order valence-corrected chi connectivity index (χ2v) is 5.29. The van der Waals surface area contributed by atoms with E-state index in [0.717, 1.165) is 0 Å². The van der Waals surface area contributed by atoms with Gasteiger partial charge in [-0.3, -0.25) is 9.59 Å². The largest absolute Gasteiger partial charge is 0.457 e. The van der Waals surface area contributed by atoms with Crippen molar-refractivity contribution in [2.24, 2.45) is 0 Å². The van der Waals surface area contributed by atoms with Crippen molar-refractivity contribution in [2.75, 3.05) is 6.61 Å². The molecule has 1 aliphatic heterocycles. The third kappa shape index (κ3) is 4.91. The maximum atomic E-state index is 11.6. The molecule has 8 heteroatoms. The van der Waals surface area contributed by atoms with Crippen molar-refractivity contribution in [1.29, 1.82) is 0 Å². The number of hydrogen-bond donors (Lipinski definition) is 4. The molecule has 1 saturated heterocycles. The third-order valence-electron chi connectivity index (χ3n) is 3.40. The number of ether oxygens (including phenoxy) is 2. The maximum Gasteiger partial charge on any atom is 0.306 e. The number of hydrogen-bond acceptors (Lipinski definition) is 7. The number of amides is 1. The number of aliphatic hydroxyl groups excluding tert-OH is 3. The van der Waals surface area contributed by atoms with E-state index >= 15 is 0 Å². The van der Waals surface area contributed by atoms with Gasteiger partial charge in [-0.05, 0) is 12.8 Å². The summed E-state index contributed by atoms with van der Waals surface area (Å²) in [5.41, 5.74) is 0. The van der Waals surface area contributed by atoms with E-state index in [1.54, 1.807) is 6.92 Å². The van der Waals surface area contributed by atoms with Crippen LogP contribution >= 0.6 is 0 Å². The Morgan fingerprint density at radius 2 is 1.82 bits per heavy atom. The lowest BCUT2D eigenvalue weighted by molar-refractivity contribution is -0.259. The molecule has 0 spiro atoms. The van der Waals surface area contributed by atoms with Gasteiger partial charge in [0.05, 0.1) is 6.61 Å². The van der Waals surface area contributed by atoms with Gasteiger partial charge in [-0.2, -0.15) is 0 Å². The van der Waals surface area contributed by atoms with Crippen LogP contribution in [-0.2, 0) is 19.1 Å². The average Bonchev–Trinajstić information content (AvgIpc) is 2.46. The molecule has 8 nitrogen and oxygen atoms in total. The molecule has 0 bridgehead atoms. The predicted octanol–water partition coefficient (Wildman–Crippen LogP) is -0.946. The van der Waals surface area contributed by atoms with E-state index in [2.05, 4.69) is 5.32 Å². The first kappa shape index (κ1) is 18.8. The molecule has 1 fully saturated rings. The number of esters is 1. The minimum Gasteiger partial charge on any atom is -0.457 e. The summed E-state index contributed by atoms with van der Waals surface area (Å²) >= 11 is 0. The number of carbonyl (C=O) groups excluding carboxylic acids is 2. The monoisotopic (exact) mass is 319 g/mol. The highest BCUT2D eigenvalue weighted by molar-refractivity contribution is 5.76. The van der Waals surface area contributed by atoms with Crippen LogP contribution < -0.4 is 5.32 Å². The zero-order chi connectivity index (χ0) is 16.7. The fourth-order valence-electron chi connectivity index (χ4n) is 2.28. The summed E-state index contributed by atoms with van der Waals surface area (Å²) in [6, 6.07) is -1.12. The molecular formula is C14H25NO7. The summed E-state index contributed by atoms with van der Waals surface area (Å²) in [4.78, 5) is 23.2. The molecule has 1 amide bonds. The number of aliphatic hydroxyl groups is 3. The predicted molar refractivity (Wildman–Crippen MR) is 75.6 cm³/mol. The van der Waals surface area contributed by atoms with E-state index in [9.17, 15) is 24.9 Å². The molecule has 1 heterocycles. The summed E-state index contributed by atoms with van der Waals surface area (Å²) in [7, 11) is 0. The van der Waals surface area contributed by atoms with Crippen LogP contribution in [0.4, 0.5) is 0 Å². The maximum absolute atomic E-state index is 11.6. The first-order chi connectivity index (χ1) is 10.4. The Bertz CT molecular complexity index is 376. The van der Waals surface area contributed by atoms with E-state index in [1.165, 1.54) is 0 Å². The van der Waals surface area contributed by atoms with Crippen LogP contribution in [0.1, 0.15) is 39.5 Å². The number of rotatable bonds is 7. The first-order valence-corrected chi connectivity index (χ1v) is 7.55. The SMILES string of the molecule is CCCC(=O)N[C@H]1C(O)O[C@H](CO)[C@@H](OC(=O)CCC)[C@@H]1O. The molecule has 0 aromatic rings. The van der Waals surface area contributed by atoms with Gasteiger partial charge in [0, 0.05) is 12.8 Å². The van der Waals surface area contributed by atoms with Gasteiger partial charge in [-0.15, -0.1) is 0 Å². The summed E-state index contributed by atoms with van der Waals surface area (Å²) in [5.74, 6) is -0.890. The molecule has 0 aliphatic carbocycles. The lowest BCUT2D eigenvalue weighted by Crippen LogP contribution is -2.65. The Kier molecular flexibility index (Phi) is 7.74.